The van der Waals surface area contributed by atoms with Crippen molar-refractivity contribution in [3.05, 3.63) is 12.2 Å². The molecule has 1 aliphatic rings. The Morgan fingerprint density at radius 2 is 2.06 bits per heavy atom. The molecule has 1 saturated carbocycles. The molecule has 0 spiro atoms. The van der Waals surface area contributed by atoms with E-state index in [1.165, 1.54) is 0 Å². The molecule has 18 heavy (non-hydrogen) atoms. The Hall–Kier alpha value is -1.30. The smallest absolute Gasteiger partial charge is 0.333 e. The number of hydrogen-bond acceptors (Lipinski definition) is 3. The van der Waals surface area contributed by atoms with Crippen LogP contribution in [0.3, 0.4) is 0 Å². The van der Waals surface area contributed by atoms with E-state index in [0.29, 0.717) is 5.57 Å². The van der Waals surface area contributed by atoms with Crippen LogP contribution in [0.15, 0.2) is 12.2 Å². The summed E-state index contributed by atoms with van der Waals surface area (Å²) in [6.45, 7) is 9.26. The number of esters is 1. The van der Waals surface area contributed by atoms with Gasteiger partial charge in [-0.2, -0.15) is 5.26 Å². The van der Waals surface area contributed by atoms with Crippen molar-refractivity contribution in [3.63, 3.8) is 0 Å². The molecule has 0 aromatic carbocycles. The third-order valence-electron chi connectivity index (χ3n) is 4.05. The van der Waals surface area contributed by atoms with Crippen molar-refractivity contribution >= 4 is 5.97 Å². The Bertz CT molecular complexity index is 378. The summed E-state index contributed by atoms with van der Waals surface area (Å²) in [4.78, 5) is 11.9. The molecule has 3 nitrogen and oxygen atoms in total. The fraction of sp³-hybridized carbons (Fsp3) is 0.733. The van der Waals surface area contributed by atoms with E-state index >= 15 is 0 Å². The van der Waals surface area contributed by atoms with Crippen LogP contribution in [-0.2, 0) is 9.53 Å². The number of carbonyl (C=O) groups is 1. The molecule has 100 valence electrons. The summed E-state index contributed by atoms with van der Waals surface area (Å²) < 4.78 is 5.73. The lowest BCUT2D eigenvalue weighted by Gasteiger charge is -2.47. The van der Waals surface area contributed by atoms with Crippen LogP contribution in [0, 0.1) is 16.7 Å². The average Bonchev–Trinajstić information content (AvgIpc) is 2.33. The highest BCUT2D eigenvalue weighted by Crippen LogP contribution is 2.49. The minimum absolute atomic E-state index is 0.369. The fourth-order valence-electron chi connectivity index (χ4n) is 2.83. The lowest BCUT2D eigenvalue weighted by Crippen LogP contribution is -2.51. The van der Waals surface area contributed by atoms with Crippen molar-refractivity contribution in [2.75, 3.05) is 0 Å². The molecular formula is C15H23NO2. The Balaban J connectivity index is 3.07. The monoisotopic (exact) mass is 249 g/mol. The van der Waals surface area contributed by atoms with Gasteiger partial charge in [-0.05, 0) is 39.5 Å². The first kappa shape index (κ1) is 14.8. The van der Waals surface area contributed by atoms with E-state index in [9.17, 15) is 10.1 Å². The molecule has 0 N–H and O–H groups in total. The van der Waals surface area contributed by atoms with Gasteiger partial charge in [-0.15, -0.1) is 0 Å². The SMILES string of the molecule is C=C(C)C(=O)OC1(CCC)CCCCC1(C)C#N. The summed E-state index contributed by atoms with van der Waals surface area (Å²) in [5.74, 6) is -0.369. The number of hydrogen-bond donors (Lipinski definition) is 0. The summed E-state index contributed by atoms with van der Waals surface area (Å²) in [5, 5.41) is 9.50. The molecule has 0 aliphatic heterocycles. The van der Waals surface area contributed by atoms with Crippen molar-refractivity contribution in [1.82, 2.24) is 0 Å². The van der Waals surface area contributed by atoms with Crippen LogP contribution in [-0.4, -0.2) is 11.6 Å². The Morgan fingerprint density at radius 1 is 1.44 bits per heavy atom. The molecule has 1 aliphatic carbocycles. The van der Waals surface area contributed by atoms with Gasteiger partial charge in [0.15, 0.2) is 0 Å². The summed E-state index contributed by atoms with van der Waals surface area (Å²) in [6.07, 6.45) is 5.27. The van der Waals surface area contributed by atoms with Crippen LogP contribution in [0.2, 0.25) is 0 Å². The molecule has 0 aromatic heterocycles. The van der Waals surface area contributed by atoms with E-state index in [-0.39, 0.29) is 5.97 Å². The predicted octanol–water partition coefficient (Wildman–Crippen LogP) is 3.75. The van der Waals surface area contributed by atoms with Gasteiger partial charge in [0, 0.05) is 5.57 Å². The zero-order valence-corrected chi connectivity index (χ0v) is 11.7. The van der Waals surface area contributed by atoms with Gasteiger partial charge in [0.05, 0.1) is 11.5 Å². The van der Waals surface area contributed by atoms with E-state index in [1.807, 2.05) is 6.92 Å². The van der Waals surface area contributed by atoms with Gasteiger partial charge in [-0.1, -0.05) is 26.3 Å². The molecule has 0 amide bonds. The molecule has 0 bridgehead atoms. The van der Waals surface area contributed by atoms with Gasteiger partial charge in [0.25, 0.3) is 0 Å². The highest BCUT2D eigenvalue weighted by molar-refractivity contribution is 5.87. The number of ether oxygens (including phenoxy) is 1. The zero-order chi connectivity index (χ0) is 13.8. The average molecular weight is 249 g/mol. The van der Waals surface area contributed by atoms with E-state index in [1.54, 1.807) is 6.92 Å². The number of rotatable bonds is 4. The third-order valence-corrected chi connectivity index (χ3v) is 4.05. The molecule has 3 heteroatoms. The molecule has 0 heterocycles. The van der Waals surface area contributed by atoms with Gasteiger partial charge in [0.2, 0.25) is 0 Å². The van der Waals surface area contributed by atoms with Crippen LogP contribution >= 0.6 is 0 Å². The van der Waals surface area contributed by atoms with E-state index in [4.69, 9.17) is 4.74 Å². The van der Waals surface area contributed by atoms with Gasteiger partial charge in [-0.3, -0.25) is 0 Å². The first-order valence-electron chi connectivity index (χ1n) is 6.71. The van der Waals surface area contributed by atoms with Crippen molar-refractivity contribution < 1.29 is 9.53 Å². The topological polar surface area (TPSA) is 50.1 Å². The zero-order valence-electron chi connectivity index (χ0n) is 11.7. The van der Waals surface area contributed by atoms with E-state index < -0.39 is 11.0 Å². The Morgan fingerprint density at radius 3 is 2.56 bits per heavy atom. The maximum atomic E-state index is 11.9. The fourth-order valence-corrected chi connectivity index (χ4v) is 2.83. The second kappa shape index (κ2) is 5.56. The number of nitrogens with zero attached hydrogens (tertiary/aromatic N) is 1. The van der Waals surface area contributed by atoms with Crippen LogP contribution in [0.5, 0.6) is 0 Å². The number of carbonyl (C=O) groups excluding carboxylic acids is 1. The Labute approximate surface area is 110 Å². The standard InChI is InChI=1S/C15H23NO2/c1-5-8-15(18-13(17)12(2)3)10-7-6-9-14(15,4)11-16/h2,5-10H2,1,3-4H3. The summed E-state index contributed by atoms with van der Waals surface area (Å²) in [7, 11) is 0. The van der Waals surface area contributed by atoms with Crippen LogP contribution in [0.4, 0.5) is 0 Å². The quantitative estimate of drug-likeness (QED) is 0.563. The molecular weight excluding hydrogens is 226 g/mol. The molecule has 0 saturated heterocycles. The maximum Gasteiger partial charge on any atom is 0.333 e. The van der Waals surface area contributed by atoms with Crippen molar-refractivity contribution in [1.29, 1.82) is 5.26 Å². The lowest BCUT2D eigenvalue weighted by molar-refractivity contribution is -0.174. The lowest BCUT2D eigenvalue weighted by atomic mass is 9.63. The molecule has 0 aromatic rings. The second-order valence-electron chi connectivity index (χ2n) is 5.57. The first-order valence-corrected chi connectivity index (χ1v) is 6.71. The highest BCUT2D eigenvalue weighted by atomic mass is 16.6. The predicted molar refractivity (Wildman–Crippen MR) is 70.7 cm³/mol. The molecule has 2 atom stereocenters. The first-order chi connectivity index (χ1) is 8.41. The normalized spacial score (nSPS) is 31.4. The maximum absolute atomic E-state index is 11.9. The minimum atomic E-state index is -0.634. The molecule has 1 fully saturated rings. The van der Waals surface area contributed by atoms with Crippen LogP contribution in [0.1, 0.15) is 59.3 Å². The van der Waals surface area contributed by atoms with Gasteiger partial charge in [-0.25, -0.2) is 4.79 Å². The van der Waals surface area contributed by atoms with Crippen molar-refractivity contribution in [3.8, 4) is 6.07 Å². The summed E-state index contributed by atoms with van der Waals surface area (Å²) in [6, 6.07) is 2.39. The summed E-state index contributed by atoms with van der Waals surface area (Å²) in [5.41, 5.74) is -0.812. The minimum Gasteiger partial charge on any atom is -0.454 e. The molecule has 2 unspecified atom stereocenters. The highest BCUT2D eigenvalue weighted by Gasteiger charge is 2.52. The molecule has 1 rings (SSSR count). The van der Waals surface area contributed by atoms with Gasteiger partial charge < -0.3 is 4.74 Å². The third kappa shape index (κ3) is 2.58. The second-order valence-corrected chi connectivity index (χ2v) is 5.57. The van der Waals surface area contributed by atoms with Crippen molar-refractivity contribution in [2.45, 2.75) is 64.9 Å². The van der Waals surface area contributed by atoms with Crippen LogP contribution < -0.4 is 0 Å². The van der Waals surface area contributed by atoms with E-state index in [2.05, 4.69) is 19.6 Å². The Kier molecular flexibility index (Phi) is 4.56. The summed E-state index contributed by atoms with van der Waals surface area (Å²) >= 11 is 0. The number of nitriles is 1. The van der Waals surface area contributed by atoms with Crippen LogP contribution in [0.25, 0.3) is 0 Å². The molecule has 0 radical (unpaired) electrons. The van der Waals surface area contributed by atoms with Gasteiger partial charge >= 0.3 is 5.97 Å². The van der Waals surface area contributed by atoms with Crippen molar-refractivity contribution in [2.24, 2.45) is 5.41 Å². The van der Waals surface area contributed by atoms with Gasteiger partial charge in [0.1, 0.15) is 5.60 Å². The van der Waals surface area contributed by atoms with E-state index in [0.717, 1.165) is 38.5 Å². The largest absolute Gasteiger partial charge is 0.454 e.